The van der Waals surface area contributed by atoms with E-state index >= 15 is 0 Å². The number of fused-ring (bicyclic) bond motifs is 1. The van der Waals surface area contributed by atoms with Crippen molar-refractivity contribution in [3.63, 3.8) is 0 Å². The molecule has 0 N–H and O–H groups in total. The van der Waals surface area contributed by atoms with Crippen LogP contribution in [0.15, 0.2) is 34.7 Å². The lowest BCUT2D eigenvalue weighted by Crippen LogP contribution is -2.42. The van der Waals surface area contributed by atoms with E-state index in [0.29, 0.717) is 19.1 Å². The van der Waals surface area contributed by atoms with Crippen molar-refractivity contribution in [2.75, 3.05) is 40.4 Å². The summed E-state index contributed by atoms with van der Waals surface area (Å²) in [5.74, 6) is 1.40. The molecule has 0 bridgehead atoms. The van der Waals surface area contributed by atoms with E-state index in [1.165, 1.54) is 0 Å². The summed E-state index contributed by atoms with van der Waals surface area (Å²) in [5.41, 5.74) is 0.853. The zero-order chi connectivity index (χ0) is 18.4. The SMILES string of the molecule is COCCN(CC(=O)N(C)C(C)c1cc2ccccc2o1)CC(C)C. The normalized spacial score (nSPS) is 12.9. The quantitative estimate of drug-likeness (QED) is 0.696. The Morgan fingerprint density at radius 3 is 2.60 bits per heavy atom. The van der Waals surface area contributed by atoms with Crippen LogP contribution in [-0.2, 0) is 9.53 Å². The lowest BCUT2D eigenvalue weighted by atomic mass is 10.2. The Bertz CT molecular complexity index is 647. The Hall–Kier alpha value is -1.85. The summed E-state index contributed by atoms with van der Waals surface area (Å²) in [5, 5.41) is 1.06. The van der Waals surface area contributed by atoms with E-state index in [9.17, 15) is 4.79 Å². The van der Waals surface area contributed by atoms with Gasteiger partial charge in [0.25, 0.3) is 0 Å². The van der Waals surface area contributed by atoms with E-state index in [4.69, 9.17) is 9.15 Å². The van der Waals surface area contributed by atoms with Gasteiger partial charge >= 0.3 is 0 Å². The molecule has 0 aliphatic heterocycles. The van der Waals surface area contributed by atoms with E-state index in [-0.39, 0.29) is 11.9 Å². The molecule has 0 radical (unpaired) electrons. The Kier molecular flexibility index (Phi) is 7.02. The second-order valence-electron chi connectivity index (χ2n) is 6.99. The monoisotopic (exact) mass is 346 g/mol. The number of carbonyl (C=O) groups excluding carboxylic acids is 1. The van der Waals surface area contributed by atoms with Gasteiger partial charge in [0.2, 0.25) is 5.91 Å². The molecular weight excluding hydrogens is 316 g/mol. The van der Waals surface area contributed by atoms with Crippen LogP contribution >= 0.6 is 0 Å². The number of amides is 1. The van der Waals surface area contributed by atoms with Gasteiger partial charge < -0.3 is 14.1 Å². The van der Waals surface area contributed by atoms with Crippen LogP contribution in [0.4, 0.5) is 0 Å². The highest BCUT2D eigenvalue weighted by atomic mass is 16.5. The Morgan fingerprint density at radius 2 is 1.96 bits per heavy atom. The van der Waals surface area contributed by atoms with Crippen molar-refractivity contribution in [1.29, 1.82) is 0 Å². The van der Waals surface area contributed by atoms with Gasteiger partial charge in [-0.1, -0.05) is 32.0 Å². The fourth-order valence-electron chi connectivity index (χ4n) is 2.89. The Morgan fingerprint density at radius 1 is 1.24 bits per heavy atom. The van der Waals surface area contributed by atoms with Gasteiger partial charge in [0.15, 0.2) is 0 Å². The molecule has 138 valence electrons. The van der Waals surface area contributed by atoms with E-state index in [0.717, 1.165) is 29.8 Å². The number of likely N-dealkylation sites (N-methyl/N-ethyl adjacent to an activating group) is 1. The molecule has 0 saturated carbocycles. The molecule has 0 saturated heterocycles. The summed E-state index contributed by atoms with van der Waals surface area (Å²) in [4.78, 5) is 16.6. The number of hydrogen-bond acceptors (Lipinski definition) is 4. The summed E-state index contributed by atoms with van der Waals surface area (Å²) < 4.78 is 11.1. The predicted molar refractivity (Wildman–Crippen MR) is 101 cm³/mol. The second-order valence-corrected chi connectivity index (χ2v) is 6.99. The van der Waals surface area contributed by atoms with Crippen molar-refractivity contribution < 1.29 is 13.9 Å². The van der Waals surface area contributed by atoms with E-state index in [2.05, 4.69) is 18.7 Å². The molecule has 2 rings (SSSR count). The Labute approximate surface area is 150 Å². The Balaban J connectivity index is 2.03. The molecule has 0 fully saturated rings. The third-order valence-corrected chi connectivity index (χ3v) is 4.42. The first-order valence-electron chi connectivity index (χ1n) is 8.87. The van der Waals surface area contributed by atoms with Crippen molar-refractivity contribution in [1.82, 2.24) is 9.80 Å². The van der Waals surface area contributed by atoms with Gasteiger partial charge in [-0.3, -0.25) is 9.69 Å². The molecular formula is C20H30N2O3. The van der Waals surface area contributed by atoms with E-state index in [1.54, 1.807) is 12.0 Å². The standard InChI is InChI=1S/C20H30N2O3/c1-15(2)13-22(10-11-24-5)14-20(23)21(4)16(3)19-12-17-8-6-7-9-18(17)25-19/h6-9,12,15-16H,10-11,13-14H2,1-5H3. The van der Waals surface area contributed by atoms with Crippen molar-refractivity contribution in [2.24, 2.45) is 5.92 Å². The first-order valence-corrected chi connectivity index (χ1v) is 8.87. The van der Waals surface area contributed by atoms with Gasteiger partial charge in [-0.2, -0.15) is 0 Å². The highest BCUT2D eigenvalue weighted by Gasteiger charge is 2.22. The van der Waals surface area contributed by atoms with E-state index in [1.807, 2.05) is 44.3 Å². The van der Waals surface area contributed by atoms with Gasteiger partial charge in [0.1, 0.15) is 11.3 Å². The largest absolute Gasteiger partial charge is 0.459 e. The molecule has 1 heterocycles. The second kappa shape index (κ2) is 9.02. The van der Waals surface area contributed by atoms with Crippen LogP contribution in [0, 0.1) is 5.92 Å². The number of para-hydroxylation sites is 1. The smallest absolute Gasteiger partial charge is 0.237 e. The number of hydrogen-bond donors (Lipinski definition) is 0. The van der Waals surface area contributed by atoms with Gasteiger partial charge in [-0.25, -0.2) is 0 Å². The van der Waals surface area contributed by atoms with Gasteiger partial charge in [0.05, 0.1) is 19.2 Å². The number of rotatable bonds is 9. The average molecular weight is 346 g/mol. The molecule has 1 aromatic carbocycles. The summed E-state index contributed by atoms with van der Waals surface area (Å²) >= 11 is 0. The summed E-state index contributed by atoms with van der Waals surface area (Å²) in [6.07, 6.45) is 0. The minimum Gasteiger partial charge on any atom is -0.459 e. The molecule has 25 heavy (non-hydrogen) atoms. The third-order valence-electron chi connectivity index (χ3n) is 4.42. The van der Waals surface area contributed by atoms with Crippen LogP contribution in [-0.4, -0.2) is 56.1 Å². The van der Waals surface area contributed by atoms with Gasteiger partial charge in [-0.15, -0.1) is 0 Å². The molecule has 5 nitrogen and oxygen atoms in total. The van der Waals surface area contributed by atoms with Crippen LogP contribution in [0.25, 0.3) is 11.0 Å². The topological polar surface area (TPSA) is 45.9 Å². The van der Waals surface area contributed by atoms with Crippen molar-refractivity contribution in [3.8, 4) is 0 Å². The average Bonchev–Trinajstić information content (AvgIpc) is 3.01. The van der Waals surface area contributed by atoms with Crippen LogP contribution in [0.5, 0.6) is 0 Å². The zero-order valence-electron chi connectivity index (χ0n) is 16.0. The molecule has 0 spiro atoms. The molecule has 1 atom stereocenters. The predicted octanol–water partition coefficient (Wildman–Crippen LogP) is 3.56. The van der Waals surface area contributed by atoms with Crippen molar-refractivity contribution >= 4 is 16.9 Å². The molecule has 5 heteroatoms. The fraction of sp³-hybridized carbons (Fsp3) is 0.550. The summed E-state index contributed by atoms with van der Waals surface area (Å²) in [6.45, 7) is 8.97. The number of furan rings is 1. The van der Waals surface area contributed by atoms with Crippen LogP contribution in [0.1, 0.15) is 32.6 Å². The first kappa shape index (κ1) is 19.5. The third kappa shape index (κ3) is 5.31. The minimum atomic E-state index is -0.108. The number of methoxy groups -OCH3 is 1. The molecule has 1 amide bonds. The lowest BCUT2D eigenvalue weighted by molar-refractivity contribution is -0.133. The van der Waals surface area contributed by atoms with Crippen LogP contribution in [0.2, 0.25) is 0 Å². The maximum Gasteiger partial charge on any atom is 0.237 e. The molecule has 2 aromatic rings. The maximum atomic E-state index is 12.7. The number of benzene rings is 1. The molecule has 0 aliphatic rings. The van der Waals surface area contributed by atoms with Gasteiger partial charge in [0, 0.05) is 32.6 Å². The minimum absolute atomic E-state index is 0.0877. The lowest BCUT2D eigenvalue weighted by Gasteiger charge is -2.28. The van der Waals surface area contributed by atoms with Gasteiger partial charge in [-0.05, 0) is 25.0 Å². The number of nitrogens with zero attached hydrogens (tertiary/aromatic N) is 2. The van der Waals surface area contributed by atoms with Crippen molar-refractivity contribution in [2.45, 2.75) is 26.8 Å². The molecule has 1 aromatic heterocycles. The van der Waals surface area contributed by atoms with Crippen molar-refractivity contribution in [3.05, 3.63) is 36.1 Å². The molecule has 0 aliphatic carbocycles. The maximum absolute atomic E-state index is 12.7. The summed E-state index contributed by atoms with van der Waals surface area (Å²) in [6, 6.07) is 9.81. The highest BCUT2D eigenvalue weighted by molar-refractivity contribution is 5.80. The van der Waals surface area contributed by atoms with E-state index < -0.39 is 0 Å². The zero-order valence-corrected chi connectivity index (χ0v) is 16.0. The molecule has 1 unspecified atom stereocenters. The first-order chi connectivity index (χ1) is 11.9. The van der Waals surface area contributed by atoms with Crippen LogP contribution in [0.3, 0.4) is 0 Å². The number of carbonyl (C=O) groups is 1. The fourth-order valence-corrected chi connectivity index (χ4v) is 2.89. The summed E-state index contributed by atoms with van der Waals surface area (Å²) in [7, 11) is 3.52. The number of ether oxygens (including phenoxy) is 1. The van der Waals surface area contributed by atoms with Crippen LogP contribution < -0.4 is 0 Å². The highest BCUT2D eigenvalue weighted by Crippen LogP contribution is 2.26.